The highest BCUT2D eigenvalue weighted by Gasteiger charge is 2.21. The van der Waals surface area contributed by atoms with E-state index >= 15 is 0 Å². The van der Waals surface area contributed by atoms with E-state index in [0.29, 0.717) is 33.7 Å². The van der Waals surface area contributed by atoms with Crippen LogP contribution in [-0.2, 0) is 0 Å². The third-order valence-electron chi connectivity index (χ3n) is 4.94. The summed E-state index contributed by atoms with van der Waals surface area (Å²) in [5, 5.41) is 7.51. The lowest BCUT2D eigenvalue weighted by Crippen LogP contribution is -2.27. The number of ether oxygens (including phenoxy) is 1. The average molecular weight is 405 g/mol. The number of hydrogen-bond acceptors (Lipinski definition) is 5. The standard InChI is InChI=1S/C23H20FN3O3/c1-13(16-5-4-6-18(11-16)29-3)25-22(28)19-12-20(15-7-9-17(24)10-8-15)26-23-21(19)14(2)27-30-23/h4-13H,1-3H3,(H,25,28). The molecule has 0 saturated carbocycles. The summed E-state index contributed by atoms with van der Waals surface area (Å²) in [6.07, 6.45) is 0. The summed E-state index contributed by atoms with van der Waals surface area (Å²) < 4.78 is 23.9. The van der Waals surface area contributed by atoms with Crippen molar-refractivity contribution in [1.29, 1.82) is 0 Å². The summed E-state index contributed by atoms with van der Waals surface area (Å²) in [5.41, 5.74) is 3.30. The summed E-state index contributed by atoms with van der Waals surface area (Å²) >= 11 is 0. The molecule has 0 aliphatic carbocycles. The molecular weight excluding hydrogens is 385 g/mol. The van der Waals surface area contributed by atoms with E-state index in [1.54, 1.807) is 32.2 Å². The van der Waals surface area contributed by atoms with E-state index < -0.39 is 0 Å². The first-order valence-corrected chi connectivity index (χ1v) is 9.44. The first-order valence-electron chi connectivity index (χ1n) is 9.44. The maximum atomic E-state index is 13.3. The van der Waals surface area contributed by atoms with E-state index in [0.717, 1.165) is 5.56 Å². The van der Waals surface area contributed by atoms with E-state index in [1.165, 1.54) is 12.1 Å². The fourth-order valence-corrected chi connectivity index (χ4v) is 3.31. The molecule has 0 bridgehead atoms. The van der Waals surface area contributed by atoms with Crippen molar-refractivity contribution in [1.82, 2.24) is 15.5 Å². The van der Waals surface area contributed by atoms with Gasteiger partial charge in [0.05, 0.1) is 35.5 Å². The number of aryl methyl sites for hydroxylation is 1. The van der Waals surface area contributed by atoms with Crippen molar-refractivity contribution >= 4 is 17.0 Å². The summed E-state index contributed by atoms with van der Waals surface area (Å²) in [4.78, 5) is 17.6. The molecule has 0 aliphatic rings. The van der Waals surface area contributed by atoms with Gasteiger partial charge in [-0.2, -0.15) is 0 Å². The van der Waals surface area contributed by atoms with Crippen molar-refractivity contribution in [2.45, 2.75) is 19.9 Å². The van der Waals surface area contributed by atoms with Crippen molar-refractivity contribution in [3.8, 4) is 17.0 Å². The predicted octanol–water partition coefficient (Wildman–Crippen LogP) is 4.84. The maximum absolute atomic E-state index is 13.3. The quantitative estimate of drug-likeness (QED) is 0.514. The molecule has 4 aromatic rings. The summed E-state index contributed by atoms with van der Waals surface area (Å²) in [7, 11) is 1.60. The van der Waals surface area contributed by atoms with Gasteiger partial charge in [-0.15, -0.1) is 0 Å². The Bertz CT molecular complexity index is 1220. The number of hydrogen-bond donors (Lipinski definition) is 1. The number of halogens is 1. The Kier molecular flexibility index (Phi) is 5.18. The molecule has 7 heteroatoms. The van der Waals surface area contributed by atoms with Gasteiger partial charge >= 0.3 is 0 Å². The molecule has 6 nitrogen and oxygen atoms in total. The van der Waals surface area contributed by atoms with E-state index in [4.69, 9.17) is 9.26 Å². The van der Waals surface area contributed by atoms with E-state index in [9.17, 15) is 9.18 Å². The zero-order chi connectivity index (χ0) is 21.3. The predicted molar refractivity (Wildman–Crippen MR) is 111 cm³/mol. The lowest BCUT2D eigenvalue weighted by Gasteiger charge is -2.16. The number of carbonyl (C=O) groups is 1. The van der Waals surface area contributed by atoms with Gasteiger partial charge in [0.1, 0.15) is 11.6 Å². The second-order valence-corrected chi connectivity index (χ2v) is 6.98. The first-order chi connectivity index (χ1) is 14.5. The Morgan fingerprint density at radius 1 is 1.17 bits per heavy atom. The molecule has 152 valence electrons. The van der Waals surface area contributed by atoms with E-state index in [-0.39, 0.29) is 23.5 Å². The molecule has 2 aromatic carbocycles. The van der Waals surface area contributed by atoms with Crippen LogP contribution >= 0.6 is 0 Å². The van der Waals surface area contributed by atoms with Crippen molar-refractivity contribution < 1.29 is 18.4 Å². The van der Waals surface area contributed by atoms with Gasteiger partial charge in [0.25, 0.3) is 11.6 Å². The number of benzene rings is 2. The number of pyridine rings is 1. The molecule has 1 unspecified atom stereocenters. The number of nitrogens with zero attached hydrogens (tertiary/aromatic N) is 2. The van der Waals surface area contributed by atoms with E-state index in [2.05, 4.69) is 15.5 Å². The van der Waals surface area contributed by atoms with Crippen LogP contribution in [0.1, 0.15) is 34.6 Å². The SMILES string of the molecule is COc1cccc(C(C)NC(=O)c2cc(-c3ccc(F)cc3)nc3onc(C)c23)c1. The molecule has 1 atom stereocenters. The highest BCUT2D eigenvalue weighted by atomic mass is 19.1. The van der Waals surface area contributed by atoms with Crippen LogP contribution in [-0.4, -0.2) is 23.2 Å². The smallest absolute Gasteiger partial charge is 0.259 e. The van der Waals surface area contributed by atoms with Crippen LogP contribution in [0.25, 0.3) is 22.4 Å². The Morgan fingerprint density at radius 3 is 2.67 bits per heavy atom. The van der Waals surface area contributed by atoms with Crippen molar-refractivity contribution in [3.05, 3.63) is 77.2 Å². The van der Waals surface area contributed by atoms with Gasteiger partial charge in [-0.25, -0.2) is 9.37 Å². The Hall–Kier alpha value is -3.74. The third kappa shape index (κ3) is 3.74. The summed E-state index contributed by atoms with van der Waals surface area (Å²) in [6, 6.07) is 14.8. The van der Waals surface area contributed by atoms with Crippen LogP contribution in [0.3, 0.4) is 0 Å². The van der Waals surface area contributed by atoms with Gasteiger partial charge in [0, 0.05) is 5.56 Å². The first kappa shape index (κ1) is 19.6. The molecule has 2 heterocycles. The fraction of sp³-hybridized carbons (Fsp3) is 0.174. The zero-order valence-electron chi connectivity index (χ0n) is 16.8. The third-order valence-corrected chi connectivity index (χ3v) is 4.94. The molecule has 1 N–H and O–H groups in total. The maximum Gasteiger partial charge on any atom is 0.259 e. The molecule has 1 amide bonds. The van der Waals surface area contributed by atoms with Gasteiger partial charge in [-0.05, 0) is 61.9 Å². The second-order valence-electron chi connectivity index (χ2n) is 6.98. The molecule has 30 heavy (non-hydrogen) atoms. The normalized spacial score (nSPS) is 12.0. The second kappa shape index (κ2) is 7.94. The summed E-state index contributed by atoms with van der Waals surface area (Å²) in [6.45, 7) is 3.65. The Labute approximate surface area is 172 Å². The largest absolute Gasteiger partial charge is 0.497 e. The van der Waals surface area contributed by atoms with Gasteiger partial charge < -0.3 is 14.6 Å². The van der Waals surface area contributed by atoms with Crippen molar-refractivity contribution in [2.75, 3.05) is 7.11 Å². The molecule has 0 fully saturated rings. The van der Waals surface area contributed by atoms with Crippen molar-refractivity contribution in [3.63, 3.8) is 0 Å². The number of methoxy groups -OCH3 is 1. The Balaban J connectivity index is 1.72. The minimum atomic E-state index is -0.347. The van der Waals surface area contributed by atoms with Gasteiger partial charge in [0.15, 0.2) is 0 Å². The monoisotopic (exact) mass is 405 g/mol. The lowest BCUT2D eigenvalue weighted by atomic mass is 10.0. The molecule has 0 saturated heterocycles. The fourth-order valence-electron chi connectivity index (χ4n) is 3.31. The van der Waals surface area contributed by atoms with Crippen LogP contribution < -0.4 is 10.1 Å². The summed E-state index contributed by atoms with van der Waals surface area (Å²) in [5.74, 6) is 0.0844. The molecule has 0 radical (unpaired) electrons. The number of rotatable bonds is 5. The van der Waals surface area contributed by atoms with Gasteiger partial charge in [0.2, 0.25) is 0 Å². The van der Waals surface area contributed by atoms with E-state index in [1.807, 2.05) is 31.2 Å². The molecule has 0 spiro atoms. The minimum absolute atomic E-state index is 0.258. The molecule has 4 rings (SSSR count). The van der Waals surface area contributed by atoms with Crippen LogP contribution in [0.15, 0.2) is 59.1 Å². The number of aromatic nitrogens is 2. The van der Waals surface area contributed by atoms with Crippen LogP contribution in [0.2, 0.25) is 0 Å². The number of fused-ring (bicyclic) bond motifs is 1. The van der Waals surface area contributed by atoms with Gasteiger partial charge in [-0.1, -0.05) is 17.3 Å². The minimum Gasteiger partial charge on any atom is -0.497 e. The lowest BCUT2D eigenvalue weighted by molar-refractivity contribution is 0.0941. The average Bonchev–Trinajstić information content (AvgIpc) is 3.14. The molecule has 2 aromatic heterocycles. The zero-order valence-corrected chi connectivity index (χ0v) is 16.8. The number of carbonyl (C=O) groups excluding carboxylic acids is 1. The topological polar surface area (TPSA) is 77.2 Å². The highest BCUT2D eigenvalue weighted by Crippen LogP contribution is 2.28. The molecular formula is C23H20FN3O3. The van der Waals surface area contributed by atoms with Crippen LogP contribution in [0.4, 0.5) is 4.39 Å². The highest BCUT2D eigenvalue weighted by molar-refractivity contribution is 6.07. The number of nitrogens with one attached hydrogen (secondary N) is 1. The van der Waals surface area contributed by atoms with Crippen LogP contribution in [0.5, 0.6) is 5.75 Å². The Morgan fingerprint density at radius 2 is 1.93 bits per heavy atom. The van der Waals surface area contributed by atoms with Crippen LogP contribution in [0, 0.1) is 12.7 Å². The molecule has 0 aliphatic heterocycles. The van der Waals surface area contributed by atoms with Gasteiger partial charge in [-0.3, -0.25) is 4.79 Å². The number of amides is 1. The van der Waals surface area contributed by atoms with Crippen molar-refractivity contribution in [2.24, 2.45) is 0 Å².